The van der Waals surface area contributed by atoms with E-state index in [-0.39, 0.29) is 11.1 Å². The van der Waals surface area contributed by atoms with Crippen LogP contribution in [0.3, 0.4) is 0 Å². The van der Waals surface area contributed by atoms with Crippen LogP contribution in [0.5, 0.6) is 0 Å². The van der Waals surface area contributed by atoms with E-state index in [1.54, 1.807) is 18.2 Å². The Bertz CT molecular complexity index is 712. The molecule has 114 valence electrons. The van der Waals surface area contributed by atoms with Gasteiger partial charge < -0.3 is 5.32 Å². The SMILES string of the molecule is CC(C)NCc1cn[nH]c1S(=O)(=O)Nc1cccc(I)c1. The molecule has 21 heavy (non-hydrogen) atoms. The van der Waals surface area contributed by atoms with Gasteiger partial charge in [0.1, 0.15) is 0 Å². The summed E-state index contributed by atoms with van der Waals surface area (Å²) in [7, 11) is -3.68. The van der Waals surface area contributed by atoms with Crippen molar-refractivity contribution >= 4 is 38.3 Å². The summed E-state index contributed by atoms with van der Waals surface area (Å²) in [5.74, 6) is 0. The standard InChI is InChI=1S/C13H17IN4O2S/c1-9(2)15-7-10-8-16-17-13(10)21(19,20)18-12-5-3-4-11(14)6-12/h3-6,8-9,15,18H,7H2,1-2H3,(H,16,17). The molecule has 0 atom stereocenters. The van der Waals surface area contributed by atoms with Crippen LogP contribution < -0.4 is 10.0 Å². The average molecular weight is 420 g/mol. The highest BCUT2D eigenvalue weighted by Crippen LogP contribution is 2.19. The normalized spacial score (nSPS) is 11.8. The van der Waals surface area contributed by atoms with Gasteiger partial charge in [0, 0.05) is 27.4 Å². The predicted molar refractivity (Wildman–Crippen MR) is 90.5 cm³/mol. The Morgan fingerprint density at radius 2 is 2.14 bits per heavy atom. The lowest BCUT2D eigenvalue weighted by molar-refractivity contribution is 0.574. The highest BCUT2D eigenvalue weighted by atomic mass is 127. The van der Waals surface area contributed by atoms with E-state index in [1.165, 1.54) is 6.20 Å². The van der Waals surface area contributed by atoms with E-state index in [9.17, 15) is 8.42 Å². The molecule has 0 saturated carbocycles. The lowest BCUT2D eigenvalue weighted by atomic mass is 10.3. The zero-order valence-electron chi connectivity index (χ0n) is 11.7. The Labute approximate surface area is 137 Å². The molecule has 1 aromatic heterocycles. The molecular weight excluding hydrogens is 403 g/mol. The van der Waals surface area contributed by atoms with E-state index < -0.39 is 10.0 Å². The average Bonchev–Trinajstić information content (AvgIpc) is 2.85. The molecule has 0 radical (unpaired) electrons. The summed E-state index contributed by atoms with van der Waals surface area (Å²) in [4.78, 5) is 0. The molecule has 2 rings (SSSR count). The molecule has 1 heterocycles. The summed E-state index contributed by atoms with van der Waals surface area (Å²) in [6.45, 7) is 4.44. The van der Waals surface area contributed by atoms with Gasteiger partial charge >= 0.3 is 0 Å². The third-order valence-corrected chi connectivity index (χ3v) is 4.79. The number of H-pyrrole nitrogens is 1. The summed E-state index contributed by atoms with van der Waals surface area (Å²) in [6, 6.07) is 7.43. The van der Waals surface area contributed by atoms with Crippen molar-refractivity contribution in [1.29, 1.82) is 0 Å². The Hall–Kier alpha value is -1.13. The molecule has 0 fully saturated rings. The number of rotatable bonds is 6. The van der Waals surface area contributed by atoms with Crippen molar-refractivity contribution in [2.75, 3.05) is 4.72 Å². The predicted octanol–water partition coefficient (Wildman–Crippen LogP) is 2.31. The number of hydrogen-bond donors (Lipinski definition) is 3. The van der Waals surface area contributed by atoms with Gasteiger partial charge in [0.2, 0.25) is 0 Å². The second-order valence-corrected chi connectivity index (χ2v) is 7.74. The quantitative estimate of drug-likeness (QED) is 0.627. The third kappa shape index (κ3) is 4.42. The maximum Gasteiger partial charge on any atom is 0.279 e. The van der Waals surface area contributed by atoms with Crippen molar-refractivity contribution in [3.05, 3.63) is 39.6 Å². The van der Waals surface area contributed by atoms with Gasteiger partial charge in [-0.25, -0.2) is 0 Å². The molecule has 1 aromatic carbocycles. The van der Waals surface area contributed by atoms with Crippen LogP contribution in [0.2, 0.25) is 0 Å². The number of aromatic nitrogens is 2. The molecular formula is C13H17IN4O2S. The fourth-order valence-electron chi connectivity index (χ4n) is 1.73. The molecule has 0 amide bonds. The minimum absolute atomic E-state index is 0.0921. The van der Waals surface area contributed by atoms with Crippen molar-refractivity contribution in [2.45, 2.75) is 31.5 Å². The number of anilines is 1. The van der Waals surface area contributed by atoms with Gasteiger partial charge in [-0.1, -0.05) is 19.9 Å². The van der Waals surface area contributed by atoms with Crippen molar-refractivity contribution < 1.29 is 8.42 Å². The lowest BCUT2D eigenvalue weighted by Crippen LogP contribution is -2.23. The maximum atomic E-state index is 12.4. The van der Waals surface area contributed by atoms with Gasteiger partial charge in [-0.2, -0.15) is 13.5 Å². The minimum Gasteiger partial charge on any atom is -0.310 e. The highest BCUT2D eigenvalue weighted by Gasteiger charge is 2.21. The molecule has 6 nitrogen and oxygen atoms in total. The zero-order valence-corrected chi connectivity index (χ0v) is 14.7. The molecule has 0 saturated heterocycles. The molecule has 2 aromatic rings. The number of nitrogens with one attached hydrogen (secondary N) is 3. The Morgan fingerprint density at radius 3 is 2.81 bits per heavy atom. The first-order valence-electron chi connectivity index (χ1n) is 6.42. The van der Waals surface area contributed by atoms with Crippen LogP contribution in [0.15, 0.2) is 35.5 Å². The molecule has 3 N–H and O–H groups in total. The van der Waals surface area contributed by atoms with E-state index in [1.807, 2.05) is 19.9 Å². The van der Waals surface area contributed by atoms with E-state index in [0.29, 0.717) is 17.8 Å². The summed E-state index contributed by atoms with van der Waals surface area (Å²) in [5.41, 5.74) is 1.14. The summed E-state index contributed by atoms with van der Waals surface area (Å²) < 4.78 is 28.4. The number of halogens is 1. The summed E-state index contributed by atoms with van der Waals surface area (Å²) in [6.07, 6.45) is 1.53. The fraction of sp³-hybridized carbons (Fsp3) is 0.308. The molecule has 0 aliphatic heterocycles. The largest absolute Gasteiger partial charge is 0.310 e. The molecule has 0 unspecified atom stereocenters. The number of hydrogen-bond acceptors (Lipinski definition) is 4. The van der Waals surface area contributed by atoms with Crippen molar-refractivity contribution in [1.82, 2.24) is 15.5 Å². The van der Waals surface area contributed by atoms with E-state index >= 15 is 0 Å². The van der Waals surface area contributed by atoms with E-state index in [2.05, 4.69) is 42.8 Å². The first kappa shape index (κ1) is 16.2. The fourth-order valence-corrected chi connectivity index (χ4v) is 3.46. The highest BCUT2D eigenvalue weighted by molar-refractivity contribution is 14.1. The number of nitrogens with zero attached hydrogens (tertiary/aromatic N) is 1. The van der Waals surface area contributed by atoms with Crippen molar-refractivity contribution in [3.63, 3.8) is 0 Å². The van der Waals surface area contributed by atoms with Crippen LogP contribution in [0.4, 0.5) is 5.69 Å². The molecule has 8 heteroatoms. The number of sulfonamides is 1. The monoisotopic (exact) mass is 420 g/mol. The second kappa shape index (κ2) is 6.75. The summed E-state index contributed by atoms with van der Waals surface area (Å²) in [5, 5.41) is 9.67. The van der Waals surface area contributed by atoms with Crippen LogP contribution in [0, 0.1) is 3.57 Å². The Morgan fingerprint density at radius 1 is 1.38 bits per heavy atom. The first-order chi connectivity index (χ1) is 9.88. The topological polar surface area (TPSA) is 86.9 Å². The second-order valence-electron chi connectivity index (χ2n) is 4.88. The zero-order chi connectivity index (χ0) is 15.5. The maximum absolute atomic E-state index is 12.4. The minimum atomic E-state index is -3.68. The molecule has 0 spiro atoms. The van der Waals surface area contributed by atoms with Crippen LogP contribution in [0.25, 0.3) is 0 Å². The van der Waals surface area contributed by atoms with E-state index in [4.69, 9.17) is 0 Å². The lowest BCUT2D eigenvalue weighted by Gasteiger charge is -2.10. The molecule has 0 aliphatic carbocycles. The van der Waals surface area contributed by atoms with Gasteiger partial charge in [-0.3, -0.25) is 9.82 Å². The molecule has 0 aliphatic rings. The van der Waals surface area contributed by atoms with Gasteiger partial charge in [0.25, 0.3) is 10.0 Å². The Kier molecular flexibility index (Phi) is 5.22. The Balaban J connectivity index is 2.22. The number of benzene rings is 1. The van der Waals surface area contributed by atoms with Gasteiger partial charge in [0.15, 0.2) is 5.03 Å². The van der Waals surface area contributed by atoms with Gasteiger partial charge in [0.05, 0.1) is 6.20 Å². The summed E-state index contributed by atoms with van der Waals surface area (Å²) >= 11 is 2.13. The third-order valence-electron chi connectivity index (χ3n) is 2.72. The van der Waals surface area contributed by atoms with E-state index in [0.717, 1.165) is 3.57 Å². The number of aromatic amines is 1. The van der Waals surface area contributed by atoms with Crippen LogP contribution in [-0.4, -0.2) is 24.7 Å². The van der Waals surface area contributed by atoms with Crippen molar-refractivity contribution in [2.24, 2.45) is 0 Å². The van der Waals surface area contributed by atoms with Gasteiger partial charge in [-0.15, -0.1) is 0 Å². The first-order valence-corrected chi connectivity index (χ1v) is 8.98. The smallest absolute Gasteiger partial charge is 0.279 e. The van der Waals surface area contributed by atoms with Crippen LogP contribution in [-0.2, 0) is 16.6 Å². The molecule has 0 bridgehead atoms. The van der Waals surface area contributed by atoms with Gasteiger partial charge in [-0.05, 0) is 40.8 Å². The van der Waals surface area contributed by atoms with Crippen LogP contribution >= 0.6 is 22.6 Å². The van der Waals surface area contributed by atoms with Crippen molar-refractivity contribution in [3.8, 4) is 0 Å². The van der Waals surface area contributed by atoms with Crippen LogP contribution in [0.1, 0.15) is 19.4 Å².